The lowest BCUT2D eigenvalue weighted by molar-refractivity contribution is -0.120. The van der Waals surface area contributed by atoms with Gasteiger partial charge in [-0.1, -0.05) is 23.9 Å². The van der Waals surface area contributed by atoms with Crippen LogP contribution in [0.5, 0.6) is 0 Å². The van der Waals surface area contributed by atoms with Crippen LogP contribution in [0.3, 0.4) is 0 Å². The number of hydrogen-bond acceptors (Lipinski definition) is 5. The molecule has 6 nitrogen and oxygen atoms in total. The fourth-order valence-electron chi connectivity index (χ4n) is 3.52. The molecule has 1 heterocycles. The zero-order valence-electron chi connectivity index (χ0n) is 18.0. The third kappa shape index (κ3) is 5.39. The summed E-state index contributed by atoms with van der Waals surface area (Å²) in [6.07, 6.45) is 2.12. The Labute approximate surface area is 177 Å². The normalized spacial score (nSPS) is 15.4. The quantitative estimate of drug-likeness (QED) is 0.502. The SMILES string of the molecule is CC(Sc1nc2ccccc2c(=O)n1CCN(C(C)C)C(C)C)C(=O)NC1CC1. The molecule has 1 N–H and O–H groups in total. The summed E-state index contributed by atoms with van der Waals surface area (Å²) in [4.78, 5) is 32.8. The number of hydrogen-bond donors (Lipinski definition) is 1. The molecule has 1 aliphatic carbocycles. The van der Waals surface area contributed by atoms with Crippen LogP contribution in [0.25, 0.3) is 10.9 Å². The van der Waals surface area contributed by atoms with Crippen LogP contribution in [-0.2, 0) is 11.3 Å². The van der Waals surface area contributed by atoms with Gasteiger partial charge in [0.2, 0.25) is 5.91 Å². The summed E-state index contributed by atoms with van der Waals surface area (Å²) in [6.45, 7) is 11.9. The number of carbonyl (C=O) groups excluding carboxylic acids is 1. The molecule has 0 radical (unpaired) electrons. The van der Waals surface area contributed by atoms with E-state index in [0.717, 1.165) is 19.4 Å². The van der Waals surface area contributed by atoms with Crippen molar-refractivity contribution in [3.05, 3.63) is 34.6 Å². The first-order valence-corrected chi connectivity index (χ1v) is 11.4. The molecule has 1 aliphatic rings. The third-order valence-electron chi connectivity index (χ3n) is 5.31. The minimum atomic E-state index is -0.304. The number of carbonyl (C=O) groups is 1. The smallest absolute Gasteiger partial charge is 0.262 e. The second kappa shape index (κ2) is 9.30. The van der Waals surface area contributed by atoms with Gasteiger partial charge in [0.25, 0.3) is 5.56 Å². The molecule has 1 aromatic heterocycles. The van der Waals surface area contributed by atoms with E-state index in [-0.39, 0.29) is 16.7 Å². The number of para-hydroxylation sites is 1. The molecule has 1 unspecified atom stereocenters. The second-order valence-electron chi connectivity index (χ2n) is 8.34. The molecule has 1 atom stereocenters. The van der Waals surface area contributed by atoms with Gasteiger partial charge < -0.3 is 5.32 Å². The van der Waals surface area contributed by atoms with Gasteiger partial charge in [0.15, 0.2) is 5.16 Å². The van der Waals surface area contributed by atoms with Gasteiger partial charge >= 0.3 is 0 Å². The van der Waals surface area contributed by atoms with Gasteiger partial charge in [0, 0.05) is 31.2 Å². The molecule has 0 bridgehead atoms. The summed E-state index contributed by atoms with van der Waals surface area (Å²) < 4.78 is 1.74. The third-order valence-corrected chi connectivity index (χ3v) is 6.40. The van der Waals surface area contributed by atoms with Crippen molar-refractivity contribution in [3.8, 4) is 0 Å². The van der Waals surface area contributed by atoms with Crippen LogP contribution >= 0.6 is 11.8 Å². The van der Waals surface area contributed by atoms with E-state index in [1.54, 1.807) is 4.57 Å². The minimum Gasteiger partial charge on any atom is -0.352 e. The first-order chi connectivity index (χ1) is 13.8. The zero-order valence-corrected chi connectivity index (χ0v) is 18.8. The van der Waals surface area contributed by atoms with Crippen LogP contribution in [0.4, 0.5) is 0 Å². The number of thioether (sulfide) groups is 1. The molecule has 158 valence electrons. The van der Waals surface area contributed by atoms with Crippen LogP contribution in [0.1, 0.15) is 47.5 Å². The van der Waals surface area contributed by atoms with Gasteiger partial charge in [-0.05, 0) is 59.6 Å². The van der Waals surface area contributed by atoms with E-state index in [0.29, 0.717) is 40.7 Å². The summed E-state index contributed by atoms with van der Waals surface area (Å²) in [5, 5.41) is 3.97. The van der Waals surface area contributed by atoms with Crippen molar-refractivity contribution < 1.29 is 4.79 Å². The largest absolute Gasteiger partial charge is 0.352 e. The monoisotopic (exact) mass is 416 g/mol. The molecular weight excluding hydrogens is 384 g/mol. The summed E-state index contributed by atoms with van der Waals surface area (Å²) in [7, 11) is 0. The molecule has 0 saturated heterocycles. The molecule has 0 aliphatic heterocycles. The van der Waals surface area contributed by atoms with Crippen LogP contribution in [-0.4, -0.2) is 50.3 Å². The van der Waals surface area contributed by atoms with Crippen molar-refractivity contribution in [1.82, 2.24) is 19.8 Å². The first kappa shape index (κ1) is 21.8. The van der Waals surface area contributed by atoms with E-state index in [2.05, 4.69) is 37.9 Å². The van der Waals surface area contributed by atoms with Gasteiger partial charge in [-0.3, -0.25) is 19.1 Å². The molecule has 7 heteroatoms. The predicted octanol–water partition coefficient (Wildman–Crippen LogP) is 3.27. The topological polar surface area (TPSA) is 67.2 Å². The second-order valence-corrected chi connectivity index (χ2v) is 9.64. The molecule has 2 aromatic rings. The number of aromatic nitrogens is 2. The number of benzene rings is 1. The highest BCUT2D eigenvalue weighted by Crippen LogP contribution is 2.25. The molecule has 3 rings (SSSR count). The Balaban J connectivity index is 1.90. The van der Waals surface area contributed by atoms with E-state index in [9.17, 15) is 9.59 Å². The number of fused-ring (bicyclic) bond motifs is 1. The lowest BCUT2D eigenvalue weighted by Crippen LogP contribution is -2.41. The number of amides is 1. The van der Waals surface area contributed by atoms with E-state index in [1.807, 2.05) is 31.2 Å². The zero-order chi connectivity index (χ0) is 21.1. The van der Waals surface area contributed by atoms with Crippen molar-refractivity contribution >= 4 is 28.6 Å². The Morgan fingerprint density at radius 2 is 1.86 bits per heavy atom. The summed E-state index contributed by atoms with van der Waals surface area (Å²) in [5.74, 6) is 0.0115. The van der Waals surface area contributed by atoms with E-state index < -0.39 is 0 Å². The predicted molar refractivity (Wildman–Crippen MR) is 119 cm³/mol. The average Bonchev–Trinajstić information content (AvgIpc) is 3.47. The summed E-state index contributed by atoms with van der Waals surface area (Å²) >= 11 is 1.37. The van der Waals surface area contributed by atoms with Gasteiger partial charge in [0.1, 0.15) is 0 Å². The maximum absolute atomic E-state index is 13.2. The van der Waals surface area contributed by atoms with Crippen LogP contribution in [0.15, 0.2) is 34.2 Å². The molecule has 1 aromatic carbocycles. The lowest BCUT2D eigenvalue weighted by Gasteiger charge is -2.31. The van der Waals surface area contributed by atoms with E-state index in [4.69, 9.17) is 4.98 Å². The molecule has 29 heavy (non-hydrogen) atoms. The van der Waals surface area contributed by atoms with Gasteiger partial charge in [0.05, 0.1) is 16.2 Å². The van der Waals surface area contributed by atoms with E-state index >= 15 is 0 Å². The number of rotatable bonds is 9. The lowest BCUT2D eigenvalue weighted by atomic mass is 10.2. The van der Waals surface area contributed by atoms with Crippen LogP contribution in [0, 0.1) is 0 Å². The van der Waals surface area contributed by atoms with Crippen molar-refractivity contribution in [2.75, 3.05) is 6.54 Å². The van der Waals surface area contributed by atoms with Crippen molar-refractivity contribution in [3.63, 3.8) is 0 Å². The number of nitrogens with one attached hydrogen (secondary N) is 1. The fourth-order valence-corrected chi connectivity index (χ4v) is 4.46. The highest BCUT2D eigenvalue weighted by molar-refractivity contribution is 8.00. The summed E-state index contributed by atoms with van der Waals surface area (Å²) in [6, 6.07) is 8.52. The van der Waals surface area contributed by atoms with Gasteiger partial charge in [-0.2, -0.15) is 0 Å². The van der Waals surface area contributed by atoms with Crippen molar-refractivity contribution in [2.24, 2.45) is 0 Å². The van der Waals surface area contributed by atoms with Gasteiger partial charge in [-0.25, -0.2) is 4.98 Å². The molecule has 1 saturated carbocycles. The van der Waals surface area contributed by atoms with Crippen molar-refractivity contribution in [1.29, 1.82) is 0 Å². The van der Waals surface area contributed by atoms with E-state index in [1.165, 1.54) is 11.8 Å². The summed E-state index contributed by atoms with van der Waals surface area (Å²) in [5.41, 5.74) is 0.635. The highest BCUT2D eigenvalue weighted by Gasteiger charge is 2.27. The average molecular weight is 417 g/mol. The maximum atomic E-state index is 13.2. The minimum absolute atomic E-state index is 0.0115. The van der Waals surface area contributed by atoms with Crippen LogP contribution in [0.2, 0.25) is 0 Å². The van der Waals surface area contributed by atoms with Crippen LogP contribution < -0.4 is 10.9 Å². The Morgan fingerprint density at radius 3 is 2.48 bits per heavy atom. The maximum Gasteiger partial charge on any atom is 0.262 e. The Hall–Kier alpha value is -1.86. The molecule has 1 amide bonds. The first-order valence-electron chi connectivity index (χ1n) is 10.5. The molecular formula is C22H32N4O2S. The van der Waals surface area contributed by atoms with Crippen molar-refractivity contribution in [2.45, 2.75) is 82.5 Å². The Morgan fingerprint density at radius 1 is 1.21 bits per heavy atom. The van der Waals surface area contributed by atoms with Gasteiger partial charge in [-0.15, -0.1) is 0 Å². The molecule has 1 fully saturated rings. The fraction of sp³-hybridized carbons (Fsp3) is 0.591. The Bertz CT molecular complexity index is 913. The Kier molecular flexibility index (Phi) is 7.01. The highest BCUT2D eigenvalue weighted by atomic mass is 32.2. The number of nitrogens with zero attached hydrogens (tertiary/aromatic N) is 3. The molecule has 0 spiro atoms. The standard InChI is InChI=1S/C22H32N4O2S/c1-14(2)25(15(3)4)12-13-26-21(28)18-8-6-7-9-19(18)24-22(26)29-16(5)20(27)23-17-10-11-17/h6-9,14-17H,10-13H2,1-5H3,(H,23,27).